The summed E-state index contributed by atoms with van der Waals surface area (Å²) in [5.74, 6) is -4.12. The molecule has 0 fully saturated rings. The topological polar surface area (TPSA) is 121 Å². The number of aliphatic hydroxyl groups is 2. The van der Waals surface area contributed by atoms with Gasteiger partial charge in [-0.15, -0.1) is 0 Å². The SMILES string of the molecule is O=C([O-])C(O)C(O)C(=O)[O-].[Pd+2]. The van der Waals surface area contributed by atoms with Crippen LogP contribution in [0.15, 0.2) is 0 Å². The molecule has 2 atom stereocenters. The Balaban J connectivity index is 0. The Kier molecular flexibility index (Phi) is 6.22. The van der Waals surface area contributed by atoms with E-state index >= 15 is 0 Å². The van der Waals surface area contributed by atoms with Crippen LogP contribution in [0.3, 0.4) is 0 Å². The molecule has 0 radical (unpaired) electrons. The van der Waals surface area contributed by atoms with Gasteiger partial charge in [-0.25, -0.2) is 0 Å². The van der Waals surface area contributed by atoms with Crippen molar-refractivity contribution < 1.29 is 50.4 Å². The van der Waals surface area contributed by atoms with Gasteiger partial charge in [-0.3, -0.25) is 0 Å². The van der Waals surface area contributed by atoms with Gasteiger partial charge in [0.05, 0.1) is 11.9 Å². The first-order valence-electron chi connectivity index (χ1n) is 2.24. The number of hydrogen-bond acceptors (Lipinski definition) is 6. The van der Waals surface area contributed by atoms with Gasteiger partial charge in [0.25, 0.3) is 0 Å². The predicted octanol–water partition coefficient (Wildman–Crippen LogP) is -4.79. The van der Waals surface area contributed by atoms with E-state index in [0.29, 0.717) is 0 Å². The van der Waals surface area contributed by atoms with E-state index in [2.05, 4.69) is 0 Å². The number of carboxylic acids is 2. The molecule has 0 amide bonds. The van der Waals surface area contributed by atoms with E-state index in [9.17, 15) is 19.8 Å². The van der Waals surface area contributed by atoms with Gasteiger partial charge in [0.2, 0.25) is 0 Å². The zero-order chi connectivity index (χ0) is 8.31. The molecule has 0 saturated carbocycles. The average molecular weight is 254 g/mol. The molecule has 0 aliphatic heterocycles. The van der Waals surface area contributed by atoms with Gasteiger partial charge in [0.1, 0.15) is 12.2 Å². The fourth-order valence-electron chi connectivity index (χ4n) is 0.258. The van der Waals surface area contributed by atoms with Crippen LogP contribution in [0.2, 0.25) is 0 Å². The quantitative estimate of drug-likeness (QED) is 0.488. The zero-order valence-electron chi connectivity index (χ0n) is 5.00. The van der Waals surface area contributed by atoms with Gasteiger partial charge >= 0.3 is 20.4 Å². The molecule has 11 heavy (non-hydrogen) atoms. The summed E-state index contributed by atoms with van der Waals surface area (Å²) in [6.45, 7) is 0. The van der Waals surface area contributed by atoms with Gasteiger partial charge in [0, 0.05) is 0 Å². The van der Waals surface area contributed by atoms with Gasteiger partial charge in [-0.2, -0.15) is 0 Å². The van der Waals surface area contributed by atoms with Crippen LogP contribution in [0.4, 0.5) is 0 Å². The Hall–Kier alpha value is -0.478. The third-order valence-electron chi connectivity index (χ3n) is 0.782. The number of carbonyl (C=O) groups excluding carboxylic acids is 2. The summed E-state index contributed by atoms with van der Waals surface area (Å²) in [6.07, 6.45) is -4.88. The molecule has 0 aromatic carbocycles. The Morgan fingerprint density at radius 2 is 1.18 bits per heavy atom. The van der Waals surface area contributed by atoms with Crippen LogP contribution in [-0.2, 0) is 30.0 Å². The summed E-state index contributed by atoms with van der Waals surface area (Å²) in [5, 5.41) is 35.7. The molecule has 0 saturated heterocycles. The van der Waals surface area contributed by atoms with Crippen molar-refractivity contribution in [3.05, 3.63) is 0 Å². The largest absolute Gasteiger partial charge is 2.00 e. The van der Waals surface area contributed by atoms with E-state index in [-0.39, 0.29) is 20.4 Å². The molecule has 0 aromatic rings. The molecular weight excluding hydrogens is 250 g/mol. The molecule has 0 rings (SSSR count). The van der Waals surface area contributed by atoms with Gasteiger partial charge in [0.15, 0.2) is 0 Å². The van der Waals surface area contributed by atoms with Gasteiger partial charge in [-0.05, 0) is 0 Å². The minimum atomic E-state index is -2.44. The predicted molar refractivity (Wildman–Crippen MR) is 22.0 cm³/mol. The molecule has 2 unspecified atom stereocenters. The van der Waals surface area contributed by atoms with Crippen LogP contribution >= 0.6 is 0 Å². The molecule has 0 spiro atoms. The minimum Gasteiger partial charge on any atom is -0.547 e. The number of aliphatic carboxylic acids is 2. The Morgan fingerprint density at radius 1 is 1.00 bits per heavy atom. The Morgan fingerprint density at radius 3 is 1.27 bits per heavy atom. The third-order valence-corrected chi connectivity index (χ3v) is 0.782. The average Bonchev–Trinajstić information content (AvgIpc) is 1.84. The summed E-state index contributed by atoms with van der Waals surface area (Å²) in [7, 11) is 0. The van der Waals surface area contributed by atoms with Crippen LogP contribution in [0.25, 0.3) is 0 Å². The van der Waals surface area contributed by atoms with Gasteiger partial charge < -0.3 is 30.0 Å². The van der Waals surface area contributed by atoms with Crippen molar-refractivity contribution in [2.45, 2.75) is 12.2 Å². The molecule has 2 N–H and O–H groups in total. The molecule has 66 valence electrons. The standard InChI is InChI=1S/C4H6O6.Pd/c5-1(3(7)8)2(6)4(9)10;/h1-2,5-6H,(H,7,8)(H,9,10);/q;+2/p-2. The third kappa shape index (κ3) is 4.06. The van der Waals surface area contributed by atoms with E-state index in [1.54, 1.807) is 0 Å². The smallest absolute Gasteiger partial charge is 0.547 e. The van der Waals surface area contributed by atoms with Crippen molar-refractivity contribution in [2.24, 2.45) is 0 Å². The Labute approximate surface area is 75.1 Å². The van der Waals surface area contributed by atoms with Crippen molar-refractivity contribution in [3.8, 4) is 0 Å². The zero-order valence-corrected chi connectivity index (χ0v) is 6.55. The fraction of sp³-hybridized carbons (Fsp3) is 0.500. The van der Waals surface area contributed by atoms with Crippen molar-refractivity contribution in [1.29, 1.82) is 0 Å². The van der Waals surface area contributed by atoms with E-state index in [1.807, 2.05) is 0 Å². The summed E-state index contributed by atoms with van der Waals surface area (Å²) >= 11 is 0. The van der Waals surface area contributed by atoms with Crippen LogP contribution in [0, 0.1) is 0 Å². The minimum absolute atomic E-state index is 0. The number of carboxylic acid groups (broad SMARTS) is 2. The number of carbonyl (C=O) groups is 2. The number of rotatable bonds is 3. The van der Waals surface area contributed by atoms with Crippen LogP contribution in [0.1, 0.15) is 0 Å². The first-order valence-corrected chi connectivity index (χ1v) is 2.24. The van der Waals surface area contributed by atoms with E-state index in [1.165, 1.54) is 0 Å². The number of hydrogen-bond donors (Lipinski definition) is 2. The first kappa shape index (κ1) is 13.1. The summed E-state index contributed by atoms with van der Waals surface area (Å²) in [4.78, 5) is 19.3. The second-order valence-corrected chi connectivity index (χ2v) is 1.53. The van der Waals surface area contributed by atoms with Crippen LogP contribution in [0.5, 0.6) is 0 Å². The molecule has 0 aliphatic carbocycles. The van der Waals surface area contributed by atoms with Crippen molar-refractivity contribution in [3.63, 3.8) is 0 Å². The van der Waals surface area contributed by atoms with Crippen molar-refractivity contribution in [2.75, 3.05) is 0 Å². The maximum Gasteiger partial charge on any atom is 2.00 e. The van der Waals surface area contributed by atoms with Crippen LogP contribution < -0.4 is 10.2 Å². The normalized spacial score (nSPS) is 14.4. The van der Waals surface area contributed by atoms with E-state index < -0.39 is 24.1 Å². The molecule has 0 bridgehead atoms. The number of aliphatic hydroxyl groups excluding tert-OH is 2. The summed E-state index contributed by atoms with van der Waals surface area (Å²) < 4.78 is 0. The van der Waals surface area contributed by atoms with E-state index in [0.717, 1.165) is 0 Å². The molecule has 6 nitrogen and oxygen atoms in total. The fourth-order valence-corrected chi connectivity index (χ4v) is 0.258. The van der Waals surface area contributed by atoms with Crippen molar-refractivity contribution >= 4 is 11.9 Å². The molecular formula is C4H4O6Pd. The molecule has 0 aliphatic rings. The van der Waals surface area contributed by atoms with Crippen LogP contribution in [-0.4, -0.2) is 34.4 Å². The van der Waals surface area contributed by atoms with E-state index in [4.69, 9.17) is 10.2 Å². The van der Waals surface area contributed by atoms with Gasteiger partial charge in [-0.1, -0.05) is 0 Å². The molecule has 7 heteroatoms. The Bertz CT molecular complexity index is 139. The summed E-state index contributed by atoms with van der Waals surface area (Å²) in [5.41, 5.74) is 0. The monoisotopic (exact) mass is 254 g/mol. The molecule has 0 aromatic heterocycles. The second-order valence-electron chi connectivity index (χ2n) is 1.53. The molecule has 0 heterocycles. The second kappa shape index (κ2) is 5.21. The summed E-state index contributed by atoms with van der Waals surface area (Å²) in [6, 6.07) is 0. The van der Waals surface area contributed by atoms with Crippen molar-refractivity contribution in [1.82, 2.24) is 0 Å². The maximum absolute atomic E-state index is 9.63. The first-order chi connectivity index (χ1) is 4.46. The maximum atomic E-state index is 9.63.